The number of rotatable bonds is 5. The first-order valence-corrected chi connectivity index (χ1v) is 11.3. The van der Waals surface area contributed by atoms with Crippen LogP contribution in [-0.2, 0) is 19.4 Å². The predicted octanol–water partition coefficient (Wildman–Crippen LogP) is 4.82. The number of hydrogen-bond acceptors (Lipinski definition) is 4. The van der Waals surface area contributed by atoms with E-state index in [1.807, 2.05) is 12.3 Å². The van der Waals surface area contributed by atoms with E-state index in [4.69, 9.17) is 11.6 Å². The fraction of sp³-hybridized carbons (Fsp3) is 0.409. The summed E-state index contributed by atoms with van der Waals surface area (Å²) in [6, 6.07) is 5.02. The Labute approximate surface area is 178 Å². The molecule has 0 radical (unpaired) electrons. The molecule has 0 saturated heterocycles. The van der Waals surface area contributed by atoms with Crippen LogP contribution >= 0.6 is 22.9 Å². The third-order valence-electron chi connectivity index (χ3n) is 5.47. The van der Waals surface area contributed by atoms with Crippen molar-refractivity contribution in [1.82, 2.24) is 14.9 Å². The lowest BCUT2D eigenvalue weighted by Crippen LogP contribution is -2.33. The van der Waals surface area contributed by atoms with Crippen LogP contribution < -0.4 is 5.56 Å². The minimum Gasteiger partial charge on any atom is -0.331 e. The highest BCUT2D eigenvalue weighted by molar-refractivity contribution is 7.10. The van der Waals surface area contributed by atoms with Crippen LogP contribution in [-0.4, -0.2) is 27.3 Å². The van der Waals surface area contributed by atoms with Crippen molar-refractivity contribution in [2.24, 2.45) is 5.92 Å². The van der Waals surface area contributed by atoms with Gasteiger partial charge in [0.15, 0.2) is 0 Å². The Hall–Kier alpha value is -2.18. The van der Waals surface area contributed by atoms with Crippen molar-refractivity contribution in [3.05, 3.63) is 60.8 Å². The average molecular weight is 430 g/mol. The first-order valence-electron chi connectivity index (χ1n) is 10.0. The molecule has 152 valence electrons. The SMILES string of the molecule is CCCN(Cc1nc2cc(Cl)ccc2c(=O)[nH]1)C(=O)c1csc2c1CCC(C)C2. The molecule has 0 aliphatic heterocycles. The van der Waals surface area contributed by atoms with Crippen molar-refractivity contribution >= 4 is 39.7 Å². The number of carbonyl (C=O) groups excluding carboxylic acids is 1. The molecule has 1 aliphatic rings. The second-order valence-corrected chi connectivity index (χ2v) is 9.20. The van der Waals surface area contributed by atoms with Gasteiger partial charge >= 0.3 is 0 Å². The van der Waals surface area contributed by atoms with Gasteiger partial charge in [-0.2, -0.15) is 0 Å². The number of fused-ring (bicyclic) bond motifs is 2. The Morgan fingerprint density at radius 3 is 3.03 bits per heavy atom. The molecule has 29 heavy (non-hydrogen) atoms. The van der Waals surface area contributed by atoms with E-state index < -0.39 is 0 Å². The number of carbonyl (C=O) groups is 1. The Bertz CT molecular complexity index is 1120. The van der Waals surface area contributed by atoms with Gasteiger partial charge in [-0.1, -0.05) is 25.4 Å². The minimum absolute atomic E-state index is 0.0211. The summed E-state index contributed by atoms with van der Waals surface area (Å²) in [5.74, 6) is 1.17. The third-order valence-corrected chi connectivity index (χ3v) is 6.76. The van der Waals surface area contributed by atoms with E-state index in [0.29, 0.717) is 34.2 Å². The van der Waals surface area contributed by atoms with Crippen LogP contribution in [0, 0.1) is 5.92 Å². The summed E-state index contributed by atoms with van der Waals surface area (Å²) in [5.41, 5.74) is 2.36. The lowest BCUT2D eigenvalue weighted by atomic mass is 9.88. The monoisotopic (exact) mass is 429 g/mol. The van der Waals surface area contributed by atoms with Crippen LogP contribution in [0.1, 0.15) is 53.3 Å². The maximum absolute atomic E-state index is 13.3. The standard InChI is InChI=1S/C22H24ClN3O2S/c1-3-8-26(22(28)17-12-29-19-9-13(2)4-6-15(17)19)11-20-24-18-10-14(23)5-7-16(18)21(27)25-20/h5,7,10,12-13H,3-4,6,8-9,11H2,1-2H3,(H,24,25,27). The summed E-state index contributed by atoms with van der Waals surface area (Å²) in [7, 11) is 0. The van der Waals surface area contributed by atoms with Crippen LogP contribution in [0.25, 0.3) is 10.9 Å². The number of H-pyrrole nitrogens is 1. The number of aromatic nitrogens is 2. The summed E-state index contributed by atoms with van der Waals surface area (Å²) < 4.78 is 0. The number of nitrogens with one attached hydrogen (secondary N) is 1. The lowest BCUT2D eigenvalue weighted by Gasteiger charge is -2.24. The molecule has 0 fully saturated rings. The topological polar surface area (TPSA) is 66.1 Å². The van der Waals surface area contributed by atoms with Crippen LogP contribution in [0.3, 0.4) is 0 Å². The van der Waals surface area contributed by atoms with Crippen LogP contribution in [0.5, 0.6) is 0 Å². The van der Waals surface area contributed by atoms with Gasteiger partial charge in [0.25, 0.3) is 11.5 Å². The Balaban J connectivity index is 1.64. The highest BCUT2D eigenvalue weighted by atomic mass is 35.5. The molecule has 5 nitrogen and oxygen atoms in total. The zero-order valence-corrected chi connectivity index (χ0v) is 18.2. The van der Waals surface area contributed by atoms with Crippen molar-refractivity contribution in [3.8, 4) is 0 Å². The minimum atomic E-state index is -0.215. The highest BCUT2D eigenvalue weighted by Gasteiger charge is 2.26. The molecule has 1 amide bonds. The van der Waals surface area contributed by atoms with Gasteiger partial charge in [-0.05, 0) is 55.4 Å². The molecule has 1 unspecified atom stereocenters. The van der Waals surface area contributed by atoms with Crippen molar-refractivity contribution < 1.29 is 4.79 Å². The summed E-state index contributed by atoms with van der Waals surface area (Å²) in [4.78, 5) is 36.3. The van der Waals surface area contributed by atoms with E-state index in [2.05, 4.69) is 16.9 Å². The molecule has 4 rings (SSSR count). The number of hydrogen-bond donors (Lipinski definition) is 1. The first-order chi connectivity index (χ1) is 14.0. The fourth-order valence-electron chi connectivity index (χ4n) is 3.97. The van der Waals surface area contributed by atoms with Crippen LogP contribution in [0.2, 0.25) is 5.02 Å². The summed E-state index contributed by atoms with van der Waals surface area (Å²) in [5, 5.41) is 3.03. The van der Waals surface area contributed by atoms with Gasteiger partial charge in [-0.3, -0.25) is 9.59 Å². The largest absolute Gasteiger partial charge is 0.331 e. The summed E-state index contributed by atoms with van der Waals surface area (Å²) >= 11 is 7.76. The number of thiophene rings is 1. The zero-order valence-electron chi connectivity index (χ0n) is 16.6. The average Bonchev–Trinajstić information content (AvgIpc) is 3.09. The van der Waals surface area contributed by atoms with Crippen LogP contribution in [0.4, 0.5) is 0 Å². The van der Waals surface area contributed by atoms with E-state index >= 15 is 0 Å². The molecule has 2 heterocycles. The maximum atomic E-state index is 13.3. The van der Waals surface area contributed by atoms with Crippen molar-refractivity contribution in [2.75, 3.05) is 6.54 Å². The van der Waals surface area contributed by atoms with Crippen molar-refractivity contribution in [2.45, 2.75) is 46.1 Å². The number of halogens is 1. The molecule has 1 N–H and O–H groups in total. The molecule has 0 spiro atoms. The van der Waals surface area contributed by atoms with Crippen LogP contribution in [0.15, 0.2) is 28.4 Å². The van der Waals surface area contributed by atoms with Crippen molar-refractivity contribution in [3.63, 3.8) is 0 Å². The van der Waals surface area contributed by atoms with Gasteiger partial charge in [0.2, 0.25) is 0 Å². The maximum Gasteiger partial charge on any atom is 0.258 e. The number of nitrogens with zero attached hydrogens (tertiary/aromatic N) is 2. The number of aromatic amines is 1. The van der Waals surface area contributed by atoms with Gasteiger partial charge in [0.1, 0.15) is 5.82 Å². The lowest BCUT2D eigenvalue weighted by molar-refractivity contribution is 0.0738. The summed E-state index contributed by atoms with van der Waals surface area (Å²) in [6.07, 6.45) is 3.98. The van der Waals surface area contributed by atoms with Crippen molar-refractivity contribution in [1.29, 1.82) is 0 Å². The molecule has 1 atom stereocenters. The van der Waals surface area contributed by atoms with E-state index in [1.54, 1.807) is 34.4 Å². The molecular weight excluding hydrogens is 406 g/mol. The molecule has 0 bridgehead atoms. The zero-order chi connectivity index (χ0) is 20.5. The van der Waals surface area contributed by atoms with Gasteiger partial charge in [-0.15, -0.1) is 11.3 Å². The molecule has 1 aromatic carbocycles. The van der Waals surface area contributed by atoms with Gasteiger partial charge < -0.3 is 9.88 Å². The first kappa shape index (κ1) is 20.1. The Morgan fingerprint density at radius 2 is 2.24 bits per heavy atom. The van der Waals surface area contributed by atoms with E-state index in [-0.39, 0.29) is 18.0 Å². The van der Waals surface area contributed by atoms with Gasteiger partial charge in [0, 0.05) is 21.8 Å². The smallest absolute Gasteiger partial charge is 0.258 e. The molecule has 2 aromatic heterocycles. The third kappa shape index (κ3) is 4.09. The molecule has 7 heteroatoms. The fourth-order valence-corrected chi connectivity index (χ4v) is 5.37. The normalized spacial score (nSPS) is 16.0. The highest BCUT2D eigenvalue weighted by Crippen LogP contribution is 2.33. The van der Waals surface area contributed by atoms with E-state index in [1.165, 1.54) is 10.4 Å². The second-order valence-electron chi connectivity index (χ2n) is 7.80. The quantitative estimate of drug-likeness (QED) is 0.632. The van der Waals surface area contributed by atoms with E-state index in [0.717, 1.165) is 31.2 Å². The number of amides is 1. The summed E-state index contributed by atoms with van der Waals surface area (Å²) in [6.45, 7) is 5.19. The van der Waals surface area contributed by atoms with Gasteiger partial charge in [0.05, 0.1) is 23.0 Å². The molecule has 3 aromatic rings. The van der Waals surface area contributed by atoms with Gasteiger partial charge in [-0.25, -0.2) is 4.98 Å². The molecular formula is C22H24ClN3O2S. The Kier molecular flexibility index (Phi) is 5.74. The number of benzene rings is 1. The second kappa shape index (κ2) is 8.28. The predicted molar refractivity (Wildman–Crippen MR) is 118 cm³/mol. The molecule has 1 aliphatic carbocycles. The molecule has 0 saturated carbocycles. The van der Waals surface area contributed by atoms with E-state index in [9.17, 15) is 9.59 Å². The Morgan fingerprint density at radius 1 is 1.41 bits per heavy atom.